The molecule has 0 heterocycles. The molecule has 0 unspecified atom stereocenters. The molecule has 0 fully saturated rings. The summed E-state index contributed by atoms with van der Waals surface area (Å²) >= 11 is 0. The molecule has 0 bridgehead atoms. The van der Waals surface area contributed by atoms with E-state index in [1.807, 2.05) is 0 Å². The number of sulfone groups is 1. The van der Waals surface area contributed by atoms with E-state index < -0.39 is 21.9 Å². The van der Waals surface area contributed by atoms with Crippen LogP contribution < -0.4 is 5.32 Å². The van der Waals surface area contributed by atoms with E-state index in [-0.39, 0.29) is 55.3 Å². The van der Waals surface area contributed by atoms with Crippen molar-refractivity contribution < 1.29 is 41.0 Å². The van der Waals surface area contributed by atoms with Crippen LogP contribution in [-0.2, 0) is 24.1 Å². The highest BCUT2D eigenvalue weighted by molar-refractivity contribution is 7.91. The van der Waals surface area contributed by atoms with Crippen molar-refractivity contribution in [2.75, 3.05) is 38.7 Å². The third-order valence-electron chi connectivity index (χ3n) is 3.26. The molecule has 1 aromatic carbocycles. The summed E-state index contributed by atoms with van der Waals surface area (Å²) in [6.07, 6.45) is -4.92. The number of aromatic hydroxyl groups is 1. The third kappa shape index (κ3) is 9.07. The first-order valence-electron chi connectivity index (χ1n) is 8.04. The monoisotopic (exact) mass is 413 g/mol. The minimum Gasteiger partial charge on any atom is -0.508 e. The van der Waals surface area contributed by atoms with Crippen LogP contribution in [0.3, 0.4) is 0 Å². The minimum atomic E-state index is -4.92. The predicted molar refractivity (Wildman–Crippen MR) is 90.0 cm³/mol. The molecule has 154 valence electrons. The van der Waals surface area contributed by atoms with Gasteiger partial charge in [-0.05, 0) is 30.2 Å². The molecule has 27 heavy (non-hydrogen) atoms. The van der Waals surface area contributed by atoms with E-state index in [9.17, 15) is 31.5 Å². The number of hydrogen-bond donors (Lipinski definition) is 2. The zero-order valence-electron chi connectivity index (χ0n) is 14.7. The van der Waals surface area contributed by atoms with Crippen LogP contribution >= 0.6 is 0 Å². The number of phenolic OH excluding ortho intramolecular Hbond substituents is 1. The number of carbonyl (C=O) groups excluding carboxylic acids is 1. The van der Waals surface area contributed by atoms with Gasteiger partial charge in [0.05, 0.1) is 37.1 Å². The fourth-order valence-electron chi connectivity index (χ4n) is 2.01. The Morgan fingerprint density at radius 2 is 1.74 bits per heavy atom. The Morgan fingerprint density at radius 3 is 2.33 bits per heavy atom. The van der Waals surface area contributed by atoms with Gasteiger partial charge in [-0.2, -0.15) is 13.2 Å². The lowest BCUT2D eigenvalue weighted by molar-refractivity contribution is -0.173. The molecule has 0 radical (unpaired) electrons. The predicted octanol–water partition coefficient (Wildman–Crippen LogP) is 1.51. The number of benzene rings is 1. The zero-order chi connectivity index (χ0) is 20.5. The van der Waals surface area contributed by atoms with Crippen molar-refractivity contribution in [1.29, 1.82) is 0 Å². The van der Waals surface area contributed by atoms with Crippen LogP contribution in [0, 0.1) is 5.92 Å². The molecular weight excluding hydrogens is 391 g/mol. The van der Waals surface area contributed by atoms with E-state index in [4.69, 9.17) is 9.47 Å². The van der Waals surface area contributed by atoms with Crippen LogP contribution in [0.5, 0.6) is 5.75 Å². The molecule has 11 heteroatoms. The molecule has 0 saturated heterocycles. The minimum absolute atomic E-state index is 0.0247. The molecule has 2 N–H and O–H groups in total. The fraction of sp³-hybridized carbons (Fsp3) is 0.562. The SMILES string of the molecule is C[C@H](COCCOCCNC(=O)C(F)(F)F)CS(=O)(=O)c1ccc(O)cc1. The first-order valence-corrected chi connectivity index (χ1v) is 9.70. The molecule has 1 amide bonds. The molecule has 0 aliphatic carbocycles. The second kappa shape index (κ2) is 10.5. The number of rotatable bonds is 11. The Bertz CT molecular complexity index is 691. The fourth-order valence-corrected chi connectivity index (χ4v) is 3.60. The Hall–Kier alpha value is -1.85. The lowest BCUT2D eigenvalue weighted by Crippen LogP contribution is -2.38. The topological polar surface area (TPSA) is 102 Å². The van der Waals surface area contributed by atoms with Crippen molar-refractivity contribution in [2.24, 2.45) is 5.92 Å². The first-order chi connectivity index (χ1) is 12.5. The molecule has 1 atom stereocenters. The lowest BCUT2D eigenvalue weighted by Gasteiger charge is -2.13. The van der Waals surface area contributed by atoms with Gasteiger partial charge in [0.15, 0.2) is 9.84 Å². The highest BCUT2D eigenvalue weighted by Crippen LogP contribution is 2.18. The van der Waals surface area contributed by atoms with Crippen LogP contribution in [0.2, 0.25) is 0 Å². The van der Waals surface area contributed by atoms with Crippen LogP contribution in [0.25, 0.3) is 0 Å². The van der Waals surface area contributed by atoms with E-state index >= 15 is 0 Å². The second-order valence-corrected chi connectivity index (χ2v) is 7.86. The maximum atomic E-state index is 12.2. The van der Waals surface area contributed by atoms with Gasteiger partial charge in [0.2, 0.25) is 0 Å². The quantitative estimate of drug-likeness (QED) is 0.534. The number of ether oxygens (including phenoxy) is 2. The number of amides is 1. The standard InChI is InChI=1S/C16H22F3NO6S/c1-12(11-27(23,24)14-4-2-13(21)3-5-14)10-26-9-8-25-7-6-20-15(22)16(17,18)19/h2-5,12,21H,6-11H2,1H3,(H,20,22)/t12-/m1/s1. The number of halogens is 3. The van der Waals surface area contributed by atoms with Crippen molar-refractivity contribution in [1.82, 2.24) is 5.32 Å². The maximum absolute atomic E-state index is 12.2. The van der Waals surface area contributed by atoms with Crippen molar-refractivity contribution in [3.63, 3.8) is 0 Å². The smallest absolute Gasteiger partial charge is 0.471 e. The van der Waals surface area contributed by atoms with Gasteiger partial charge in [0, 0.05) is 6.54 Å². The molecule has 0 aliphatic rings. The molecule has 7 nitrogen and oxygen atoms in total. The van der Waals surface area contributed by atoms with Gasteiger partial charge in [-0.25, -0.2) is 8.42 Å². The Labute approximate surface area is 155 Å². The van der Waals surface area contributed by atoms with Crippen LogP contribution in [0.1, 0.15) is 6.92 Å². The van der Waals surface area contributed by atoms with Gasteiger partial charge in [0.25, 0.3) is 0 Å². The van der Waals surface area contributed by atoms with E-state index in [2.05, 4.69) is 0 Å². The first kappa shape index (κ1) is 23.2. The Kier molecular flexibility index (Phi) is 9.00. The number of alkyl halides is 3. The molecule has 0 saturated carbocycles. The molecule has 0 aliphatic heterocycles. The van der Waals surface area contributed by atoms with Crippen molar-refractivity contribution >= 4 is 15.7 Å². The summed E-state index contributed by atoms with van der Waals surface area (Å²) in [4.78, 5) is 10.6. The Morgan fingerprint density at radius 1 is 1.15 bits per heavy atom. The molecule has 1 aromatic rings. The van der Waals surface area contributed by atoms with Gasteiger partial charge >= 0.3 is 12.1 Å². The van der Waals surface area contributed by atoms with Crippen LogP contribution in [0.4, 0.5) is 13.2 Å². The second-order valence-electron chi connectivity index (χ2n) is 5.82. The maximum Gasteiger partial charge on any atom is 0.471 e. The number of nitrogens with one attached hydrogen (secondary N) is 1. The number of hydrogen-bond acceptors (Lipinski definition) is 6. The van der Waals surface area contributed by atoms with E-state index in [0.29, 0.717) is 0 Å². The molecular formula is C16H22F3NO6S. The van der Waals surface area contributed by atoms with Crippen molar-refractivity contribution in [3.8, 4) is 5.75 Å². The summed E-state index contributed by atoms with van der Waals surface area (Å²) in [5, 5.41) is 10.9. The lowest BCUT2D eigenvalue weighted by atomic mass is 10.2. The van der Waals surface area contributed by atoms with Crippen molar-refractivity contribution in [3.05, 3.63) is 24.3 Å². The van der Waals surface area contributed by atoms with Crippen LogP contribution in [-0.4, -0.2) is 64.3 Å². The van der Waals surface area contributed by atoms with Gasteiger partial charge in [-0.15, -0.1) is 0 Å². The van der Waals surface area contributed by atoms with Gasteiger partial charge in [-0.1, -0.05) is 6.92 Å². The van der Waals surface area contributed by atoms with E-state index in [1.54, 1.807) is 12.2 Å². The highest BCUT2D eigenvalue weighted by Gasteiger charge is 2.38. The van der Waals surface area contributed by atoms with E-state index in [0.717, 1.165) is 0 Å². The van der Waals surface area contributed by atoms with Gasteiger partial charge in [-0.3, -0.25) is 4.79 Å². The average Bonchev–Trinajstić information content (AvgIpc) is 2.56. The normalized spacial score (nSPS) is 13.3. The summed E-state index contributed by atoms with van der Waals surface area (Å²) in [5.74, 6) is -2.48. The van der Waals surface area contributed by atoms with Crippen molar-refractivity contribution in [2.45, 2.75) is 18.0 Å². The largest absolute Gasteiger partial charge is 0.508 e. The summed E-state index contributed by atoms with van der Waals surface area (Å²) in [7, 11) is -3.51. The molecule has 0 aromatic heterocycles. The zero-order valence-corrected chi connectivity index (χ0v) is 15.5. The van der Waals surface area contributed by atoms with Gasteiger partial charge in [0.1, 0.15) is 5.75 Å². The number of carbonyl (C=O) groups is 1. The molecule has 1 rings (SSSR count). The van der Waals surface area contributed by atoms with Gasteiger partial charge < -0.3 is 19.9 Å². The van der Waals surface area contributed by atoms with E-state index in [1.165, 1.54) is 24.3 Å². The average molecular weight is 413 g/mol. The summed E-state index contributed by atoms with van der Waals surface area (Å²) in [6.45, 7) is 1.71. The summed E-state index contributed by atoms with van der Waals surface area (Å²) in [6, 6.07) is 5.23. The molecule has 0 spiro atoms. The Balaban J connectivity index is 2.16. The summed E-state index contributed by atoms with van der Waals surface area (Å²) in [5.41, 5.74) is 0. The van der Waals surface area contributed by atoms with Crippen LogP contribution in [0.15, 0.2) is 29.2 Å². The highest BCUT2D eigenvalue weighted by atomic mass is 32.2. The summed E-state index contributed by atoms with van der Waals surface area (Å²) < 4.78 is 70.5. The number of phenols is 1. The third-order valence-corrected chi connectivity index (χ3v) is 5.26.